The summed E-state index contributed by atoms with van der Waals surface area (Å²) in [4.78, 5) is 28.2. The van der Waals surface area contributed by atoms with Crippen molar-refractivity contribution in [3.05, 3.63) is 106 Å². The van der Waals surface area contributed by atoms with Gasteiger partial charge in [0.1, 0.15) is 5.82 Å². The van der Waals surface area contributed by atoms with Gasteiger partial charge in [-0.2, -0.15) is 0 Å². The average Bonchev–Trinajstić information content (AvgIpc) is 3.40. The van der Waals surface area contributed by atoms with Gasteiger partial charge in [0.05, 0.1) is 16.2 Å². The summed E-state index contributed by atoms with van der Waals surface area (Å²) in [5.41, 5.74) is 4.40. The number of nitrogens with one attached hydrogen (secondary N) is 2. The molecule has 3 aromatic carbocycles. The van der Waals surface area contributed by atoms with E-state index in [1.165, 1.54) is 12.1 Å². The Bertz CT molecular complexity index is 1410. The van der Waals surface area contributed by atoms with Crippen LogP contribution >= 0.6 is 0 Å². The van der Waals surface area contributed by atoms with Crippen LogP contribution < -0.4 is 10.6 Å². The summed E-state index contributed by atoms with van der Waals surface area (Å²) in [5.74, 6) is 0.529. The number of nitro benzene ring substituents is 1. The van der Waals surface area contributed by atoms with Crippen LogP contribution in [0.1, 0.15) is 11.1 Å². The summed E-state index contributed by atoms with van der Waals surface area (Å²) >= 11 is 0. The molecule has 4 aromatic rings. The van der Waals surface area contributed by atoms with Crippen molar-refractivity contribution in [1.29, 1.82) is 0 Å². The number of nitrogens with zero attached hydrogens (tertiary/aromatic N) is 3. The summed E-state index contributed by atoms with van der Waals surface area (Å²) in [7, 11) is 1.93. The number of fused-ring (bicyclic) bond motifs is 1. The van der Waals surface area contributed by atoms with E-state index in [0.29, 0.717) is 22.5 Å². The Morgan fingerprint density at radius 3 is 2.48 bits per heavy atom. The fourth-order valence-corrected chi connectivity index (χ4v) is 3.89. The van der Waals surface area contributed by atoms with E-state index in [0.717, 1.165) is 22.6 Å². The van der Waals surface area contributed by atoms with E-state index in [1.807, 2.05) is 72.4 Å². The van der Waals surface area contributed by atoms with E-state index in [1.54, 1.807) is 12.3 Å². The van der Waals surface area contributed by atoms with Crippen molar-refractivity contribution in [2.75, 3.05) is 10.6 Å². The minimum absolute atomic E-state index is 0.0745. The molecule has 0 atom stereocenters. The van der Waals surface area contributed by atoms with Gasteiger partial charge in [-0.05, 0) is 35.9 Å². The summed E-state index contributed by atoms with van der Waals surface area (Å²) < 4.78 is 1.94. The van der Waals surface area contributed by atoms with Gasteiger partial charge >= 0.3 is 0 Å². The lowest BCUT2D eigenvalue weighted by molar-refractivity contribution is -0.384. The van der Waals surface area contributed by atoms with E-state index in [9.17, 15) is 14.9 Å². The molecule has 0 bridgehead atoms. The Kier molecular flexibility index (Phi) is 4.95. The Balaban J connectivity index is 1.61. The second-order valence-electron chi connectivity index (χ2n) is 7.62. The first kappa shape index (κ1) is 20.2. The second kappa shape index (κ2) is 8.08. The molecule has 33 heavy (non-hydrogen) atoms. The molecule has 0 saturated heterocycles. The predicted octanol–water partition coefficient (Wildman–Crippen LogP) is 4.93. The fourth-order valence-electron chi connectivity index (χ4n) is 3.89. The first-order chi connectivity index (χ1) is 16.0. The third kappa shape index (κ3) is 3.74. The lowest BCUT2D eigenvalue weighted by atomic mass is 9.99. The van der Waals surface area contributed by atoms with Gasteiger partial charge in [0.15, 0.2) is 0 Å². The molecule has 8 nitrogen and oxygen atoms in total. The van der Waals surface area contributed by atoms with Crippen molar-refractivity contribution in [3.63, 3.8) is 0 Å². The summed E-state index contributed by atoms with van der Waals surface area (Å²) in [6.07, 6.45) is 3.63. The monoisotopic (exact) mass is 437 g/mol. The highest BCUT2D eigenvalue weighted by Gasteiger charge is 2.30. The van der Waals surface area contributed by atoms with Crippen molar-refractivity contribution < 1.29 is 9.72 Å². The molecule has 0 fully saturated rings. The first-order valence-electron chi connectivity index (χ1n) is 10.3. The molecular weight excluding hydrogens is 418 g/mol. The number of hydrogen-bond donors (Lipinski definition) is 2. The number of non-ortho nitro benzene ring substituents is 1. The number of carbonyl (C=O) groups is 1. The van der Waals surface area contributed by atoms with E-state index in [-0.39, 0.29) is 11.6 Å². The molecule has 0 unspecified atom stereocenters. The molecular formula is C25H19N5O3. The van der Waals surface area contributed by atoms with E-state index >= 15 is 0 Å². The Labute approximate surface area is 189 Å². The van der Waals surface area contributed by atoms with Gasteiger partial charge in [0.2, 0.25) is 0 Å². The first-order valence-corrected chi connectivity index (χ1v) is 10.3. The lowest BCUT2D eigenvalue weighted by Crippen LogP contribution is -2.10. The molecule has 1 amide bonds. The third-order valence-electron chi connectivity index (χ3n) is 5.50. The van der Waals surface area contributed by atoms with Crippen LogP contribution in [0.5, 0.6) is 0 Å². The number of imidazole rings is 1. The van der Waals surface area contributed by atoms with Gasteiger partial charge in [-0.25, -0.2) is 4.98 Å². The molecule has 8 heteroatoms. The maximum Gasteiger partial charge on any atom is 0.270 e. The normalized spacial score (nSPS) is 13.9. The maximum absolute atomic E-state index is 13.0. The smallest absolute Gasteiger partial charge is 0.270 e. The molecule has 0 radical (unpaired) electrons. The Hall–Kier alpha value is -4.72. The van der Waals surface area contributed by atoms with Crippen LogP contribution in [0, 0.1) is 10.1 Å². The number of benzene rings is 3. The molecule has 2 heterocycles. The number of rotatable bonds is 5. The molecule has 5 rings (SSSR count). The van der Waals surface area contributed by atoms with E-state index in [2.05, 4.69) is 15.6 Å². The minimum atomic E-state index is -0.466. The maximum atomic E-state index is 13.0. The highest BCUT2D eigenvalue weighted by molar-refractivity contribution is 6.37. The number of hydrogen-bond acceptors (Lipinski definition) is 5. The van der Waals surface area contributed by atoms with Gasteiger partial charge < -0.3 is 15.2 Å². The minimum Gasteiger partial charge on any atom is -0.354 e. The van der Waals surface area contributed by atoms with Crippen LogP contribution in [0.4, 0.5) is 17.1 Å². The summed E-state index contributed by atoms with van der Waals surface area (Å²) in [5, 5.41) is 17.5. The van der Waals surface area contributed by atoms with Gasteiger partial charge in [0.25, 0.3) is 11.6 Å². The lowest BCUT2D eigenvalue weighted by Gasteiger charge is -2.15. The zero-order valence-electron chi connectivity index (χ0n) is 17.6. The van der Waals surface area contributed by atoms with Crippen LogP contribution in [0.2, 0.25) is 0 Å². The molecule has 0 spiro atoms. The van der Waals surface area contributed by atoms with Gasteiger partial charge in [-0.1, -0.05) is 30.3 Å². The standard InChI is InChI=1S/C25H19N5O3/c1-29-14-13-26-24(29)17-7-9-18(10-8-17)27-23(16-5-3-2-4-6-16)22-20-15-19(30(32)33)11-12-21(20)28-25(22)31/h2-15,27H,1H3,(H,28,31)/b23-22-. The highest BCUT2D eigenvalue weighted by atomic mass is 16.6. The summed E-state index contributed by atoms with van der Waals surface area (Å²) in [6, 6.07) is 21.5. The average molecular weight is 437 g/mol. The van der Waals surface area contributed by atoms with Crippen molar-refractivity contribution in [2.45, 2.75) is 0 Å². The number of nitro groups is 1. The van der Waals surface area contributed by atoms with Gasteiger partial charge in [0, 0.05) is 54.1 Å². The fraction of sp³-hybridized carbons (Fsp3) is 0.0400. The topological polar surface area (TPSA) is 102 Å². The van der Waals surface area contributed by atoms with Crippen LogP contribution in [-0.2, 0) is 11.8 Å². The molecule has 1 aliphatic heterocycles. The van der Waals surface area contributed by atoms with Gasteiger partial charge in [-0.15, -0.1) is 0 Å². The molecule has 2 N–H and O–H groups in total. The molecule has 162 valence electrons. The Morgan fingerprint density at radius 1 is 1.06 bits per heavy atom. The van der Waals surface area contributed by atoms with Crippen LogP contribution in [-0.4, -0.2) is 20.4 Å². The highest BCUT2D eigenvalue weighted by Crippen LogP contribution is 2.39. The van der Waals surface area contributed by atoms with Crippen molar-refractivity contribution >= 4 is 34.2 Å². The SMILES string of the molecule is Cn1ccnc1-c1ccc(N/C(=C2\C(=O)Nc3ccc([N+](=O)[O-])cc32)c2ccccc2)cc1. The van der Waals surface area contributed by atoms with Crippen molar-refractivity contribution in [2.24, 2.45) is 7.05 Å². The number of aryl methyl sites for hydroxylation is 1. The number of anilines is 2. The van der Waals surface area contributed by atoms with Crippen LogP contribution in [0.25, 0.3) is 22.7 Å². The number of carbonyl (C=O) groups excluding carboxylic acids is 1. The largest absolute Gasteiger partial charge is 0.354 e. The molecule has 0 saturated carbocycles. The van der Waals surface area contributed by atoms with Crippen LogP contribution in [0.15, 0.2) is 85.2 Å². The molecule has 1 aliphatic rings. The number of amides is 1. The zero-order valence-corrected chi connectivity index (χ0v) is 17.6. The van der Waals surface area contributed by atoms with Crippen molar-refractivity contribution in [1.82, 2.24) is 9.55 Å². The third-order valence-corrected chi connectivity index (χ3v) is 5.50. The quantitative estimate of drug-likeness (QED) is 0.262. The van der Waals surface area contributed by atoms with Gasteiger partial charge in [-0.3, -0.25) is 14.9 Å². The predicted molar refractivity (Wildman–Crippen MR) is 127 cm³/mol. The Morgan fingerprint density at radius 2 is 1.82 bits per heavy atom. The zero-order chi connectivity index (χ0) is 22.9. The molecule has 0 aliphatic carbocycles. The molecule has 1 aromatic heterocycles. The van der Waals surface area contributed by atoms with E-state index < -0.39 is 4.92 Å². The summed E-state index contributed by atoms with van der Waals surface area (Å²) in [6.45, 7) is 0. The second-order valence-corrected chi connectivity index (χ2v) is 7.62. The van der Waals surface area contributed by atoms with Crippen molar-refractivity contribution in [3.8, 4) is 11.4 Å². The number of aromatic nitrogens is 2. The van der Waals surface area contributed by atoms with Crippen LogP contribution in [0.3, 0.4) is 0 Å². The van der Waals surface area contributed by atoms with E-state index in [4.69, 9.17) is 0 Å².